The molecule has 1 aliphatic heterocycles. The van der Waals surface area contributed by atoms with Crippen molar-refractivity contribution in [3.05, 3.63) is 40.8 Å². The van der Waals surface area contributed by atoms with E-state index in [1.807, 2.05) is 56.6 Å². The van der Waals surface area contributed by atoms with Crippen LogP contribution < -0.4 is 10.2 Å². The van der Waals surface area contributed by atoms with Crippen LogP contribution in [0.4, 0.5) is 5.82 Å². The smallest absolute Gasteiger partial charge is 0.272 e. The first kappa shape index (κ1) is 18.4. The molecule has 0 saturated carbocycles. The number of pyridine rings is 1. The number of ether oxygens (including phenoxy) is 1. The first-order valence-corrected chi connectivity index (χ1v) is 9.06. The minimum absolute atomic E-state index is 0.0504. The summed E-state index contributed by atoms with van der Waals surface area (Å²) >= 11 is 0. The van der Waals surface area contributed by atoms with Crippen molar-refractivity contribution in [1.29, 1.82) is 0 Å². The van der Waals surface area contributed by atoms with Crippen molar-refractivity contribution in [2.45, 2.75) is 52.5 Å². The number of amides is 1. The zero-order valence-corrected chi connectivity index (χ0v) is 16.1. The fourth-order valence-corrected chi connectivity index (χ4v) is 3.42. The summed E-state index contributed by atoms with van der Waals surface area (Å²) in [6, 6.07) is 3.88. The van der Waals surface area contributed by atoms with Crippen LogP contribution in [0.25, 0.3) is 0 Å². The standard InChI is InChI=1S/C19H27N5O2/c1-6-24-18-13(3)26-12(2)9-15(18)17(22-24)19(25)21-11-14-7-8-20-16(10-14)23(4)5/h7-8,10,12-13H,6,9,11H2,1-5H3,(H,21,25)/t12-,13+/m1/s1. The van der Waals surface area contributed by atoms with Crippen molar-refractivity contribution < 1.29 is 9.53 Å². The van der Waals surface area contributed by atoms with Gasteiger partial charge in [0.05, 0.1) is 17.9 Å². The molecule has 0 saturated heterocycles. The summed E-state index contributed by atoms with van der Waals surface area (Å²) < 4.78 is 7.80. The minimum Gasteiger partial charge on any atom is -0.369 e. The highest BCUT2D eigenvalue weighted by molar-refractivity contribution is 5.94. The van der Waals surface area contributed by atoms with Gasteiger partial charge < -0.3 is 15.0 Å². The lowest BCUT2D eigenvalue weighted by Crippen LogP contribution is -2.27. The molecule has 0 unspecified atom stereocenters. The number of anilines is 1. The van der Waals surface area contributed by atoms with Gasteiger partial charge in [-0.1, -0.05) is 0 Å². The number of carbonyl (C=O) groups is 1. The van der Waals surface area contributed by atoms with Crippen molar-refractivity contribution in [2.75, 3.05) is 19.0 Å². The molecule has 2 atom stereocenters. The van der Waals surface area contributed by atoms with Crippen molar-refractivity contribution in [2.24, 2.45) is 0 Å². The average molecular weight is 357 g/mol. The topological polar surface area (TPSA) is 72.3 Å². The van der Waals surface area contributed by atoms with E-state index in [2.05, 4.69) is 15.4 Å². The van der Waals surface area contributed by atoms with Crippen LogP contribution in [-0.4, -0.2) is 40.9 Å². The van der Waals surface area contributed by atoms with Crippen LogP contribution in [0.2, 0.25) is 0 Å². The molecule has 140 valence electrons. The van der Waals surface area contributed by atoms with E-state index >= 15 is 0 Å². The lowest BCUT2D eigenvalue weighted by atomic mass is 9.99. The fourth-order valence-electron chi connectivity index (χ4n) is 3.42. The molecule has 0 aromatic carbocycles. The summed E-state index contributed by atoms with van der Waals surface area (Å²) in [5.74, 6) is 0.724. The molecule has 0 fully saturated rings. The van der Waals surface area contributed by atoms with Crippen molar-refractivity contribution in [1.82, 2.24) is 20.1 Å². The van der Waals surface area contributed by atoms with Crippen LogP contribution in [0, 0.1) is 0 Å². The van der Waals surface area contributed by atoms with Gasteiger partial charge in [-0.2, -0.15) is 5.10 Å². The molecule has 7 nitrogen and oxygen atoms in total. The van der Waals surface area contributed by atoms with E-state index < -0.39 is 0 Å². The first-order valence-electron chi connectivity index (χ1n) is 9.06. The zero-order chi connectivity index (χ0) is 18.8. The average Bonchev–Trinajstić information content (AvgIpc) is 2.98. The third kappa shape index (κ3) is 3.58. The molecular formula is C19H27N5O2. The highest BCUT2D eigenvalue weighted by Gasteiger charge is 2.31. The van der Waals surface area contributed by atoms with Gasteiger partial charge in [-0.3, -0.25) is 9.48 Å². The Morgan fingerprint density at radius 2 is 2.19 bits per heavy atom. The van der Waals surface area contributed by atoms with Crippen LogP contribution in [-0.2, 0) is 24.2 Å². The Balaban J connectivity index is 1.79. The molecule has 7 heteroatoms. The van der Waals surface area contributed by atoms with Gasteiger partial charge in [0, 0.05) is 45.4 Å². The maximum Gasteiger partial charge on any atom is 0.272 e. The predicted octanol–water partition coefficient (Wildman–Crippen LogP) is 2.32. The fraction of sp³-hybridized carbons (Fsp3) is 0.526. The van der Waals surface area contributed by atoms with Crippen LogP contribution in [0.15, 0.2) is 18.3 Å². The summed E-state index contributed by atoms with van der Waals surface area (Å²) in [4.78, 5) is 19.0. The van der Waals surface area contributed by atoms with Crippen LogP contribution >= 0.6 is 0 Å². The molecule has 1 aliphatic rings. The van der Waals surface area contributed by atoms with E-state index in [0.717, 1.165) is 22.6 Å². The Bertz CT molecular complexity index is 799. The van der Waals surface area contributed by atoms with Gasteiger partial charge in [0.1, 0.15) is 5.82 Å². The Kier molecular flexibility index (Phi) is 5.27. The number of nitrogens with one attached hydrogen (secondary N) is 1. The van der Waals surface area contributed by atoms with E-state index in [9.17, 15) is 4.79 Å². The molecule has 26 heavy (non-hydrogen) atoms. The molecule has 0 bridgehead atoms. The summed E-state index contributed by atoms with van der Waals surface area (Å²) in [5, 5.41) is 7.55. The number of hydrogen-bond donors (Lipinski definition) is 1. The van der Waals surface area contributed by atoms with Gasteiger partial charge in [0.15, 0.2) is 5.69 Å². The predicted molar refractivity (Wildman–Crippen MR) is 100 cm³/mol. The van der Waals surface area contributed by atoms with Gasteiger partial charge in [0.25, 0.3) is 5.91 Å². The molecule has 2 aromatic heterocycles. The SMILES string of the molecule is CCn1nc(C(=O)NCc2ccnc(N(C)C)c2)c2c1[C@H](C)O[C@H](C)C2. The number of aromatic nitrogens is 3. The molecule has 3 heterocycles. The molecule has 1 amide bonds. The van der Waals surface area contributed by atoms with E-state index in [-0.39, 0.29) is 18.1 Å². The molecular weight excluding hydrogens is 330 g/mol. The number of rotatable bonds is 5. The lowest BCUT2D eigenvalue weighted by Gasteiger charge is -2.26. The second-order valence-corrected chi connectivity index (χ2v) is 6.92. The largest absolute Gasteiger partial charge is 0.369 e. The maximum atomic E-state index is 12.8. The van der Waals surface area contributed by atoms with Gasteiger partial charge >= 0.3 is 0 Å². The van der Waals surface area contributed by atoms with Gasteiger partial charge in [0.2, 0.25) is 0 Å². The number of fused-ring (bicyclic) bond motifs is 1. The molecule has 0 spiro atoms. The highest BCUT2D eigenvalue weighted by atomic mass is 16.5. The molecule has 2 aromatic rings. The summed E-state index contributed by atoms with van der Waals surface area (Å²) in [5.41, 5.74) is 3.56. The monoisotopic (exact) mass is 357 g/mol. The molecule has 0 radical (unpaired) electrons. The Hall–Kier alpha value is -2.41. The third-order valence-electron chi connectivity index (χ3n) is 4.64. The molecule has 0 aliphatic carbocycles. The van der Waals surface area contributed by atoms with Gasteiger partial charge in [-0.25, -0.2) is 4.98 Å². The van der Waals surface area contributed by atoms with E-state index in [4.69, 9.17) is 4.74 Å². The number of hydrogen-bond acceptors (Lipinski definition) is 5. The number of aryl methyl sites for hydroxylation is 1. The van der Waals surface area contributed by atoms with Crippen molar-refractivity contribution in [3.8, 4) is 0 Å². The first-order chi connectivity index (χ1) is 12.4. The number of nitrogens with zero attached hydrogens (tertiary/aromatic N) is 4. The van der Waals surface area contributed by atoms with E-state index in [0.29, 0.717) is 25.2 Å². The summed E-state index contributed by atoms with van der Waals surface area (Å²) in [6.45, 7) is 7.24. The highest BCUT2D eigenvalue weighted by Crippen LogP contribution is 2.32. The third-order valence-corrected chi connectivity index (χ3v) is 4.64. The quantitative estimate of drug-likeness (QED) is 0.889. The van der Waals surface area contributed by atoms with Crippen LogP contribution in [0.5, 0.6) is 0 Å². The Labute approximate surface area is 154 Å². The minimum atomic E-state index is -0.141. The van der Waals surface area contributed by atoms with Crippen LogP contribution in [0.3, 0.4) is 0 Å². The van der Waals surface area contributed by atoms with Crippen molar-refractivity contribution >= 4 is 11.7 Å². The lowest BCUT2D eigenvalue weighted by molar-refractivity contribution is -0.00948. The number of carbonyl (C=O) groups excluding carboxylic acids is 1. The Morgan fingerprint density at radius 3 is 2.88 bits per heavy atom. The maximum absolute atomic E-state index is 12.8. The second-order valence-electron chi connectivity index (χ2n) is 6.92. The second kappa shape index (κ2) is 7.45. The summed E-state index contributed by atoms with van der Waals surface area (Å²) in [6.07, 6.45) is 2.50. The normalized spacial score (nSPS) is 19.1. The Morgan fingerprint density at radius 1 is 1.42 bits per heavy atom. The summed E-state index contributed by atoms with van der Waals surface area (Å²) in [7, 11) is 3.89. The zero-order valence-electron chi connectivity index (χ0n) is 16.1. The van der Waals surface area contributed by atoms with Gasteiger partial charge in [-0.15, -0.1) is 0 Å². The van der Waals surface area contributed by atoms with Crippen LogP contribution in [0.1, 0.15) is 54.2 Å². The molecule has 3 rings (SSSR count). The van der Waals surface area contributed by atoms with Crippen molar-refractivity contribution in [3.63, 3.8) is 0 Å². The van der Waals surface area contributed by atoms with E-state index in [1.165, 1.54) is 0 Å². The van der Waals surface area contributed by atoms with Gasteiger partial charge in [-0.05, 0) is 38.5 Å². The molecule has 1 N–H and O–H groups in total. The van der Waals surface area contributed by atoms with E-state index in [1.54, 1.807) is 6.20 Å².